The molecule has 0 fully saturated rings. The van der Waals surface area contributed by atoms with Gasteiger partial charge in [0.05, 0.1) is 0 Å². The highest BCUT2D eigenvalue weighted by atomic mass is 32.2. The van der Waals surface area contributed by atoms with Crippen molar-refractivity contribution in [3.63, 3.8) is 0 Å². The molecule has 0 bridgehead atoms. The van der Waals surface area contributed by atoms with Crippen molar-refractivity contribution in [3.05, 3.63) is 30.3 Å². The molecule has 1 aromatic carbocycles. The van der Waals surface area contributed by atoms with Gasteiger partial charge in [0.15, 0.2) is 0 Å². The summed E-state index contributed by atoms with van der Waals surface area (Å²) in [7, 11) is 0. The molecule has 0 aliphatic carbocycles. The van der Waals surface area contributed by atoms with Gasteiger partial charge in [-0.1, -0.05) is 76.5 Å². The van der Waals surface area contributed by atoms with E-state index in [1.54, 1.807) is 0 Å². The minimum Gasteiger partial charge on any atom is -0.126 e. The van der Waals surface area contributed by atoms with E-state index in [2.05, 4.69) is 37.3 Å². The lowest BCUT2D eigenvalue weighted by atomic mass is 10.1. The molecule has 0 unspecified atom stereocenters. The van der Waals surface area contributed by atoms with Crippen LogP contribution in [0.2, 0.25) is 0 Å². The molecule has 0 heterocycles. The zero-order chi connectivity index (χ0) is 12.9. The summed E-state index contributed by atoms with van der Waals surface area (Å²) in [5.41, 5.74) is 0. The van der Waals surface area contributed by atoms with Gasteiger partial charge in [0.2, 0.25) is 0 Å². The van der Waals surface area contributed by atoms with Crippen molar-refractivity contribution < 1.29 is 0 Å². The maximum atomic E-state index is 2.28. The van der Waals surface area contributed by atoms with Crippen LogP contribution in [0.15, 0.2) is 35.2 Å². The monoisotopic (exact) mass is 264 g/mol. The molecular formula is C17H28S. The van der Waals surface area contributed by atoms with Crippen LogP contribution in [0.1, 0.15) is 64.7 Å². The molecule has 0 saturated carbocycles. The van der Waals surface area contributed by atoms with Crippen molar-refractivity contribution >= 4 is 11.8 Å². The van der Waals surface area contributed by atoms with Gasteiger partial charge >= 0.3 is 0 Å². The predicted octanol–water partition coefficient (Wildman–Crippen LogP) is 6.31. The molecule has 0 aromatic heterocycles. The third-order valence-electron chi connectivity index (χ3n) is 3.26. The fourth-order valence-corrected chi connectivity index (χ4v) is 3.05. The Labute approximate surface area is 118 Å². The molecule has 0 radical (unpaired) electrons. The first-order chi connectivity index (χ1) is 8.93. The second kappa shape index (κ2) is 11.6. The molecule has 0 aliphatic heterocycles. The quantitative estimate of drug-likeness (QED) is 0.333. The highest BCUT2D eigenvalue weighted by molar-refractivity contribution is 7.99. The molecule has 1 heteroatoms. The highest BCUT2D eigenvalue weighted by Gasteiger charge is 1.94. The largest absolute Gasteiger partial charge is 0.126 e. The van der Waals surface area contributed by atoms with Crippen molar-refractivity contribution in [2.75, 3.05) is 5.75 Å². The van der Waals surface area contributed by atoms with Crippen LogP contribution in [0.3, 0.4) is 0 Å². The average Bonchev–Trinajstić information content (AvgIpc) is 2.42. The van der Waals surface area contributed by atoms with Crippen LogP contribution in [0, 0.1) is 0 Å². The van der Waals surface area contributed by atoms with Gasteiger partial charge in [-0.3, -0.25) is 0 Å². The summed E-state index contributed by atoms with van der Waals surface area (Å²) >= 11 is 2.00. The van der Waals surface area contributed by atoms with E-state index in [4.69, 9.17) is 0 Å². The summed E-state index contributed by atoms with van der Waals surface area (Å²) in [5.74, 6) is 1.28. The Balaban J connectivity index is 1.82. The molecule has 1 rings (SSSR count). The zero-order valence-electron chi connectivity index (χ0n) is 11.9. The minimum absolute atomic E-state index is 1.28. The zero-order valence-corrected chi connectivity index (χ0v) is 12.7. The van der Waals surface area contributed by atoms with Gasteiger partial charge in [0.1, 0.15) is 0 Å². The summed E-state index contributed by atoms with van der Waals surface area (Å²) in [5, 5.41) is 0. The Morgan fingerprint density at radius 2 is 1.28 bits per heavy atom. The normalized spacial score (nSPS) is 10.7. The molecule has 0 atom stereocenters. The van der Waals surface area contributed by atoms with Crippen molar-refractivity contribution in [2.45, 2.75) is 69.6 Å². The average molecular weight is 264 g/mol. The Kier molecular flexibility index (Phi) is 10.1. The number of benzene rings is 1. The number of hydrogen-bond donors (Lipinski definition) is 0. The van der Waals surface area contributed by atoms with Gasteiger partial charge < -0.3 is 0 Å². The van der Waals surface area contributed by atoms with Crippen LogP contribution in [0.25, 0.3) is 0 Å². The molecule has 0 saturated heterocycles. The van der Waals surface area contributed by atoms with Crippen LogP contribution >= 0.6 is 11.8 Å². The molecule has 1 aromatic rings. The SMILES string of the molecule is CCCCCCCCCCCSc1ccccc1. The molecule has 0 nitrogen and oxygen atoms in total. The number of hydrogen-bond acceptors (Lipinski definition) is 1. The fourth-order valence-electron chi connectivity index (χ4n) is 2.12. The molecular weight excluding hydrogens is 236 g/mol. The van der Waals surface area contributed by atoms with Crippen LogP contribution in [0.5, 0.6) is 0 Å². The van der Waals surface area contributed by atoms with Crippen molar-refractivity contribution in [1.29, 1.82) is 0 Å². The van der Waals surface area contributed by atoms with Crippen molar-refractivity contribution in [1.82, 2.24) is 0 Å². The van der Waals surface area contributed by atoms with Crippen LogP contribution in [-0.2, 0) is 0 Å². The van der Waals surface area contributed by atoms with E-state index in [1.165, 1.54) is 68.4 Å². The smallest absolute Gasteiger partial charge is 0.00719 e. The molecule has 102 valence electrons. The minimum atomic E-state index is 1.28. The second-order valence-electron chi connectivity index (χ2n) is 4.99. The first-order valence-corrected chi connectivity index (χ1v) is 8.60. The maximum absolute atomic E-state index is 2.28. The molecule has 0 aliphatic rings. The maximum Gasteiger partial charge on any atom is 0.00719 e. The van der Waals surface area contributed by atoms with Gasteiger partial charge in [-0.25, -0.2) is 0 Å². The lowest BCUT2D eigenvalue weighted by molar-refractivity contribution is 0.573. The fraction of sp³-hybridized carbons (Fsp3) is 0.647. The van der Waals surface area contributed by atoms with E-state index in [1.807, 2.05) is 11.8 Å². The summed E-state index contributed by atoms with van der Waals surface area (Å²) in [6.07, 6.45) is 12.8. The number of thioether (sulfide) groups is 1. The van der Waals surface area contributed by atoms with Gasteiger partial charge in [0.25, 0.3) is 0 Å². The Bertz CT molecular complexity index is 268. The van der Waals surface area contributed by atoms with Crippen molar-refractivity contribution in [3.8, 4) is 0 Å². The van der Waals surface area contributed by atoms with Crippen molar-refractivity contribution in [2.24, 2.45) is 0 Å². The van der Waals surface area contributed by atoms with E-state index in [9.17, 15) is 0 Å². The van der Waals surface area contributed by atoms with E-state index in [-0.39, 0.29) is 0 Å². The van der Waals surface area contributed by atoms with Gasteiger partial charge in [0, 0.05) is 4.90 Å². The summed E-state index contributed by atoms with van der Waals surface area (Å²) in [6.45, 7) is 2.28. The van der Waals surface area contributed by atoms with Crippen LogP contribution < -0.4 is 0 Å². The summed E-state index contributed by atoms with van der Waals surface area (Å²) in [4.78, 5) is 1.41. The summed E-state index contributed by atoms with van der Waals surface area (Å²) in [6, 6.07) is 10.7. The van der Waals surface area contributed by atoms with Crippen LogP contribution in [0.4, 0.5) is 0 Å². The van der Waals surface area contributed by atoms with E-state index < -0.39 is 0 Å². The number of unbranched alkanes of at least 4 members (excludes halogenated alkanes) is 8. The first-order valence-electron chi connectivity index (χ1n) is 7.61. The third kappa shape index (κ3) is 8.63. The highest BCUT2D eigenvalue weighted by Crippen LogP contribution is 2.19. The van der Waals surface area contributed by atoms with E-state index >= 15 is 0 Å². The van der Waals surface area contributed by atoms with Gasteiger partial charge in [-0.2, -0.15) is 0 Å². The predicted molar refractivity (Wildman–Crippen MR) is 84.4 cm³/mol. The summed E-state index contributed by atoms with van der Waals surface area (Å²) < 4.78 is 0. The second-order valence-corrected chi connectivity index (χ2v) is 6.16. The van der Waals surface area contributed by atoms with E-state index in [0.717, 1.165) is 0 Å². The lowest BCUT2D eigenvalue weighted by Crippen LogP contribution is -1.83. The topological polar surface area (TPSA) is 0 Å². The first kappa shape index (κ1) is 15.6. The third-order valence-corrected chi connectivity index (χ3v) is 4.36. The van der Waals surface area contributed by atoms with Gasteiger partial charge in [-0.15, -0.1) is 11.8 Å². The molecule has 0 spiro atoms. The lowest BCUT2D eigenvalue weighted by Gasteiger charge is -2.02. The van der Waals surface area contributed by atoms with Gasteiger partial charge in [-0.05, 0) is 24.3 Å². The molecule has 0 N–H and O–H groups in total. The Hall–Kier alpha value is -0.430. The molecule has 0 amide bonds. The standard InChI is InChI=1S/C17H28S/c1-2-3-4-5-6-7-8-9-13-16-18-17-14-11-10-12-15-17/h10-12,14-15H,2-9,13,16H2,1H3. The molecule has 18 heavy (non-hydrogen) atoms. The Morgan fingerprint density at radius 1 is 0.722 bits per heavy atom. The number of rotatable bonds is 11. The Morgan fingerprint density at radius 3 is 1.89 bits per heavy atom. The van der Waals surface area contributed by atoms with E-state index in [0.29, 0.717) is 0 Å². The van der Waals surface area contributed by atoms with Crippen LogP contribution in [-0.4, -0.2) is 5.75 Å².